The van der Waals surface area contributed by atoms with Crippen LogP contribution in [0.2, 0.25) is 0 Å². The number of hydrogen-bond acceptors (Lipinski definition) is 4. The summed E-state index contributed by atoms with van der Waals surface area (Å²) in [5, 5.41) is 19.5. The molecular formula is C12H8N2O4. The average molecular weight is 244 g/mol. The smallest absolute Gasteiger partial charge is 0.180 e. The van der Waals surface area contributed by atoms with Crippen molar-refractivity contribution >= 4 is 0 Å². The zero-order chi connectivity index (χ0) is 12.9. The normalized spacial score (nSPS) is 11.1. The van der Waals surface area contributed by atoms with Crippen LogP contribution in [0.15, 0.2) is 46.0 Å². The van der Waals surface area contributed by atoms with Crippen LogP contribution in [0, 0.1) is 0 Å². The Morgan fingerprint density at radius 1 is 0.722 bits per heavy atom. The molecule has 3 aliphatic rings. The van der Waals surface area contributed by atoms with E-state index in [1.54, 1.807) is 0 Å². The molecule has 0 saturated carbocycles. The molecule has 6 heteroatoms. The van der Waals surface area contributed by atoms with Crippen LogP contribution >= 0.6 is 0 Å². The highest BCUT2D eigenvalue weighted by Crippen LogP contribution is 2.32. The first kappa shape index (κ1) is 10.4. The third-order valence-electron chi connectivity index (χ3n) is 2.84. The molecule has 0 aromatic rings. The van der Waals surface area contributed by atoms with Crippen molar-refractivity contribution in [1.82, 2.24) is 9.69 Å². The van der Waals surface area contributed by atoms with E-state index in [1.807, 2.05) is 0 Å². The van der Waals surface area contributed by atoms with Gasteiger partial charge in [0.2, 0.25) is 0 Å². The molecule has 0 radical (unpaired) electrons. The highest BCUT2D eigenvalue weighted by atomic mass is 16.6. The Balaban J connectivity index is 2.59. The van der Waals surface area contributed by atoms with Gasteiger partial charge in [0.05, 0.1) is 0 Å². The molecule has 0 amide bonds. The van der Waals surface area contributed by atoms with E-state index in [1.165, 1.54) is 36.4 Å². The fourth-order valence-electron chi connectivity index (χ4n) is 2.01. The lowest BCUT2D eigenvalue weighted by molar-refractivity contribution is -0.0105. The van der Waals surface area contributed by atoms with Gasteiger partial charge in [-0.25, -0.2) is 0 Å². The van der Waals surface area contributed by atoms with E-state index in [0.29, 0.717) is 20.8 Å². The molecule has 6 nitrogen and oxygen atoms in total. The van der Waals surface area contributed by atoms with Gasteiger partial charge >= 0.3 is 0 Å². The molecule has 1 heterocycles. The fourth-order valence-corrected chi connectivity index (χ4v) is 2.01. The molecule has 3 rings (SSSR count). The van der Waals surface area contributed by atoms with E-state index in [-0.39, 0.29) is 22.2 Å². The Kier molecular flexibility index (Phi) is 1.94. The van der Waals surface area contributed by atoms with Gasteiger partial charge in [-0.15, -0.1) is 0 Å². The maximum atomic E-state index is 11.3. The summed E-state index contributed by atoms with van der Waals surface area (Å²) in [6.07, 6.45) is 0. The first-order valence-electron chi connectivity index (χ1n) is 5.18. The van der Waals surface area contributed by atoms with Crippen molar-refractivity contribution in [2.75, 3.05) is 0 Å². The first-order chi connectivity index (χ1) is 8.58. The van der Waals surface area contributed by atoms with Gasteiger partial charge in [0.15, 0.2) is 10.9 Å². The summed E-state index contributed by atoms with van der Waals surface area (Å²) >= 11 is 0. The van der Waals surface area contributed by atoms with Crippen molar-refractivity contribution in [3.63, 3.8) is 0 Å². The zero-order valence-electron chi connectivity index (χ0n) is 9.07. The highest BCUT2D eigenvalue weighted by molar-refractivity contribution is 5.81. The summed E-state index contributed by atoms with van der Waals surface area (Å²) in [4.78, 5) is 23.4. The van der Waals surface area contributed by atoms with Crippen LogP contribution in [0.3, 0.4) is 0 Å². The molecule has 0 unspecified atom stereocenters. The van der Waals surface area contributed by atoms with Crippen molar-refractivity contribution in [3.05, 3.63) is 56.8 Å². The summed E-state index contributed by atoms with van der Waals surface area (Å²) < 4.78 is 0. The maximum Gasteiger partial charge on any atom is 0.180 e. The molecule has 18 heavy (non-hydrogen) atoms. The summed E-state index contributed by atoms with van der Waals surface area (Å²) in [5.41, 5.74) is 0.886. The van der Waals surface area contributed by atoms with E-state index in [2.05, 4.69) is 0 Å². The van der Waals surface area contributed by atoms with Crippen molar-refractivity contribution in [3.8, 4) is 22.5 Å². The first-order valence-corrected chi connectivity index (χ1v) is 5.18. The van der Waals surface area contributed by atoms with E-state index in [4.69, 9.17) is 0 Å². The van der Waals surface area contributed by atoms with Gasteiger partial charge in [-0.05, 0) is 24.3 Å². The molecule has 90 valence electrons. The average Bonchev–Trinajstić information content (AvgIpc) is 2.36. The topological polar surface area (TPSA) is 84.5 Å². The van der Waals surface area contributed by atoms with E-state index < -0.39 is 0 Å². The Hall–Kier alpha value is -2.76. The number of hydrogen-bond donors (Lipinski definition) is 2. The van der Waals surface area contributed by atoms with Crippen LogP contribution in [-0.2, 0) is 0 Å². The van der Waals surface area contributed by atoms with Crippen LogP contribution in [-0.4, -0.2) is 20.1 Å². The SMILES string of the molecule is O=c1ccc2c3ccc(=O)cc-3n(O)n(O)c-2c1. The van der Waals surface area contributed by atoms with Gasteiger partial charge in [0, 0.05) is 23.3 Å². The number of fused-ring (bicyclic) bond motifs is 3. The van der Waals surface area contributed by atoms with Crippen molar-refractivity contribution < 1.29 is 10.4 Å². The minimum absolute atomic E-state index is 0.163. The minimum atomic E-state index is -0.287. The molecular weight excluding hydrogens is 236 g/mol. The van der Waals surface area contributed by atoms with Gasteiger partial charge in [0.25, 0.3) is 0 Å². The molecule has 0 spiro atoms. The lowest BCUT2D eigenvalue weighted by Crippen LogP contribution is -2.21. The Morgan fingerprint density at radius 3 is 1.50 bits per heavy atom. The Bertz CT molecular complexity index is 734. The van der Waals surface area contributed by atoms with Crippen molar-refractivity contribution in [2.45, 2.75) is 0 Å². The van der Waals surface area contributed by atoms with Gasteiger partial charge in [0.1, 0.15) is 11.4 Å². The molecule has 0 fully saturated rings. The lowest BCUT2D eigenvalue weighted by atomic mass is 9.99. The van der Waals surface area contributed by atoms with Crippen LogP contribution < -0.4 is 10.9 Å². The van der Waals surface area contributed by atoms with Crippen LogP contribution in [0.4, 0.5) is 0 Å². The van der Waals surface area contributed by atoms with Gasteiger partial charge in [-0.1, -0.05) is 9.69 Å². The monoisotopic (exact) mass is 244 g/mol. The van der Waals surface area contributed by atoms with Gasteiger partial charge < -0.3 is 10.4 Å². The fraction of sp³-hybridized carbons (Fsp3) is 0. The Labute approximate surface area is 100 Å². The maximum absolute atomic E-state index is 11.3. The third-order valence-corrected chi connectivity index (χ3v) is 2.84. The standard InChI is InChI=1S/C12H8N2O4/c15-7-1-3-9-10-4-2-8(16)6-12(10)14(18)13(17)11(9)5-7/h1-6,17-18H. The van der Waals surface area contributed by atoms with Crippen molar-refractivity contribution in [2.24, 2.45) is 0 Å². The van der Waals surface area contributed by atoms with Crippen LogP contribution in [0.5, 0.6) is 0 Å². The van der Waals surface area contributed by atoms with Gasteiger partial charge in [-0.3, -0.25) is 9.59 Å². The van der Waals surface area contributed by atoms with E-state index >= 15 is 0 Å². The summed E-state index contributed by atoms with van der Waals surface area (Å²) in [5.74, 6) is 0. The summed E-state index contributed by atoms with van der Waals surface area (Å²) in [6.45, 7) is 0. The number of benzene rings is 2. The quantitative estimate of drug-likeness (QED) is 0.450. The second-order valence-electron chi connectivity index (χ2n) is 3.94. The Morgan fingerprint density at radius 2 is 1.11 bits per heavy atom. The predicted octanol–water partition coefficient (Wildman–Crippen LogP) is 0.694. The third kappa shape index (κ3) is 1.29. The van der Waals surface area contributed by atoms with E-state index in [9.17, 15) is 20.0 Å². The second kappa shape index (κ2) is 3.36. The molecule has 0 aromatic carbocycles. The second-order valence-corrected chi connectivity index (χ2v) is 3.94. The highest BCUT2D eigenvalue weighted by Gasteiger charge is 2.20. The molecule has 0 saturated heterocycles. The molecule has 0 bridgehead atoms. The lowest BCUT2D eigenvalue weighted by Gasteiger charge is -2.20. The number of aromatic nitrogens is 2. The largest absolute Gasteiger partial charge is 0.410 e. The predicted molar refractivity (Wildman–Crippen MR) is 62.6 cm³/mol. The molecule has 0 aromatic heterocycles. The summed E-state index contributed by atoms with van der Waals surface area (Å²) in [7, 11) is 0. The number of nitrogens with zero attached hydrogens (tertiary/aromatic N) is 2. The minimum Gasteiger partial charge on any atom is -0.410 e. The molecule has 2 N–H and O–H groups in total. The molecule has 0 atom stereocenters. The van der Waals surface area contributed by atoms with E-state index in [0.717, 1.165) is 0 Å². The van der Waals surface area contributed by atoms with Crippen LogP contribution in [0.1, 0.15) is 0 Å². The molecule has 2 aliphatic carbocycles. The summed E-state index contributed by atoms with van der Waals surface area (Å²) in [6, 6.07) is 8.19. The number of rotatable bonds is 0. The molecule has 1 aliphatic heterocycles. The van der Waals surface area contributed by atoms with Gasteiger partial charge in [-0.2, -0.15) is 0 Å². The van der Waals surface area contributed by atoms with Crippen LogP contribution in [0.25, 0.3) is 22.5 Å². The zero-order valence-corrected chi connectivity index (χ0v) is 9.07. The van der Waals surface area contributed by atoms with Crippen molar-refractivity contribution in [1.29, 1.82) is 0 Å².